The predicted octanol–water partition coefficient (Wildman–Crippen LogP) is 3.28. The summed E-state index contributed by atoms with van der Waals surface area (Å²) < 4.78 is 15.5. The van der Waals surface area contributed by atoms with Gasteiger partial charge in [-0.25, -0.2) is 4.39 Å². The van der Waals surface area contributed by atoms with Gasteiger partial charge in [-0.05, 0) is 38.0 Å². The van der Waals surface area contributed by atoms with E-state index in [-0.39, 0.29) is 5.82 Å². The molecule has 1 aromatic heterocycles. The molecule has 0 atom stereocenters. The standard InChI is InChI=1S/C15H17ClFN3/c1-10-12(7-18-14-3-4-14)9-20(19-10)8-11-6-13(16)2-5-15(11)17/h2,5-6,9,14,18H,3-4,7-8H2,1H3. The Balaban J connectivity index is 1.73. The van der Waals surface area contributed by atoms with Gasteiger partial charge in [0.1, 0.15) is 5.82 Å². The van der Waals surface area contributed by atoms with Gasteiger partial charge < -0.3 is 5.32 Å². The van der Waals surface area contributed by atoms with Gasteiger partial charge in [0.15, 0.2) is 0 Å². The van der Waals surface area contributed by atoms with Crippen LogP contribution in [0.5, 0.6) is 0 Å². The summed E-state index contributed by atoms with van der Waals surface area (Å²) in [6.07, 6.45) is 4.51. The van der Waals surface area contributed by atoms with Crippen molar-refractivity contribution < 1.29 is 4.39 Å². The first-order valence-electron chi connectivity index (χ1n) is 6.82. The third-order valence-corrected chi connectivity index (χ3v) is 3.78. The Morgan fingerprint density at radius 1 is 1.40 bits per heavy atom. The highest BCUT2D eigenvalue weighted by atomic mass is 35.5. The maximum atomic E-state index is 13.7. The number of benzene rings is 1. The number of aromatic nitrogens is 2. The van der Waals surface area contributed by atoms with Crippen molar-refractivity contribution >= 4 is 11.6 Å². The minimum absolute atomic E-state index is 0.250. The Bertz CT molecular complexity index is 620. The van der Waals surface area contributed by atoms with Gasteiger partial charge in [-0.1, -0.05) is 11.6 Å². The Hall–Kier alpha value is -1.39. The van der Waals surface area contributed by atoms with E-state index in [1.807, 2.05) is 13.1 Å². The quantitative estimate of drug-likeness (QED) is 0.917. The number of nitrogens with zero attached hydrogens (tertiary/aromatic N) is 2. The van der Waals surface area contributed by atoms with Crippen molar-refractivity contribution in [1.82, 2.24) is 15.1 Å². The number of nitrogens with one attached hydrogen (secondary N) is 1. The monoisotopic (exact) mass is 293 g/mol. The van der Waals surface area contributed by atoms with Gasteiger partial charge in [-0.2, -0.15) is 5.10 Å². The summed E-state index contributed by atoms with van der Waals surface area (Å²) in [5.41, 5.74) is 2.71. The van der Waals surface area contributed by atoms with E-state index in [2.05, 4.69) is 10.4 Å². The van der Waals surface area contributed by atoms with Crippen LogP contribution < -0.4 is 5.32 Å². The molecule has 0 spiro atoms. The van der Waals surface area contributed by atoms with Gasteiger partial charge >= 0.3 is 0 Å². The predicted molar refractivity (Wildman–Crippen MR) is 77.3 cm³/mol. The lowest BCUT2D eigenvalue weighted by Gasteiger charge is -2.04. The minimum Gasteiger partial charge on any atom is -0.310 e. The number of hydrogen-bond donors (Lipinski definition) is 1. The van der Waals surface area contributed by atoms with Crippen LogP contribution in [-0.4, -0.2) is 15.8 Å². The molecule has 3 nitrogen and oxygen atoms in total. The molecule has 1 aliphatic rings. The van der Waals surface area contributed by atoms with Crippen LogP contribution in [0.25, 0.3) is 0 Å². The molecule has 0 saturated heterocycles. The third kappa shape index (κ3) is 3.19. The van der Waals surface area contributed by atoms with Gasteiger partial charge in [-0.15, -0.1) is 0 Å². The zero-order valence-corrected chi connectivity index (χ0v) is 12.1. The van der Waals surface area contributed by atoms with Gasteiger partial charge in [0.25, 0.3) is 0 Å². The summed E-state index contributed by atoms with van der Waals surface area (Å²) in [5.74, 6) is -0.250. The molecule has 1 fully saturated rings. The first-order chi connectivity index (χ1) is 9.61. The number of hydrogen-bond acceptors (Lipinski definition) is 2. The van der Waals surface area contributed by atoms with Crippen LogP contribution in [0.2, 0.25) is 5.02 Å². The van der Waals surface area contributed by atoms with E-state index in [1.165, 1.54) is 24.5 Å². The van der Waals surface area contributed by atoms with Crippen LogP contribution in [0.1, 0.15) is 29.7 Å². The Labute approximate surface area is 122 Å². The summed E-state index contributed by atoms with van der Waals surface area (Å²) >= 11 is 5.90. The molecule has 20 heavy (non-hydrogen) atoms. The molecule has 0 bridgehead atoms. The van der Waals surface area contributed by atoms with Crippen LogP contribution >= 0.6 is 11.6 Å². The molecular formula is C15H17ClFN3. The zero-order valence-electron chi connectivity index (χ0n) is 11.4. The molecule has 0 amide bonds. The van der Waals surface area contributed by atoms with Gasteiger partial charge in [0, 0.05) is 34.9 Å². The van der Waals surface area contributed by atoms with Crippen molar-refractivity contribution in [2.24, 2.45) is 0 Å². The Kier molecular flexibility index (Phi) is 3.76. The highest BCUT2D eigenvalue weighted by molar-refractivity contribution is 6.30. The van der Waals surface area contributed by atoms with Crippen LogP contribution in [0, 0.1) is 12.7 Å². The Morgan fingerprint density at radius 2 is 2.20 bits per heavy atom. The number of rotatable bonds is 5. The van der Waals surface area contributed by atoms with Crippen molar-refractivity contribution in [3.8, 4) is 0 Å². The smallest absolute Gasteiger partial charge is 0.128 e. The fraction of sp³-hybridized carbons (Fsp3) is 0.400. The lowest BCUT2D eigenvalue weighted by Crippen LogP contribution is -2.15. The first-order valence-corrected chi connectivity index (χ1v) is 7.20. The second kappa shape index (κ2) is 5.54. The van der Waals surface area contributed by atoms with Crippen molar-refractivity contribution in [1.29, 1.82) is 0 Å². The first kappa shape index (κ1) is 13.6. The fourth-order valence-electron chi connectivity index (χ4n) is 2.19. The highest BCUT2D eigenvalue weighted by Crippen LogP contribution is 2.20. The van der Waals surface area contributed by atoms with Crippen LogP contribution in [0.15, 0.2) is 24.4 Å². The molecule has 1 N–H and O–H groups in total. The van der Waals surface area contributed by atoms with Crippen LogP contribution in [0.4, 0.5) is 4.39 Å². The molecule has 1 heterocycles. The summed E-state index contributed by atoms with van der Waals surface area (Å²) in [6, 6.07) is 5.27. The molecule has 1 aromatic carbocycles. The molecule has 3 rings (SSSR count). The average molecular weight is 294 g/mol. The van der Waals surface area contributed by atoms with Crippen molar-refractivity contribution in [2.75, 3.05) is 0 Å². The lowest BCUT2D eigenvalue weighted by molar-refractivity contribution is 0.583. The second-order valence-electron chi connectivity index (χ2n) is 5.33. The summed E-state index contributed by atoms with van der Waals surface area (Å²) in [5, 5.41) is 8.45. The maximum Gasteiger partial charge on any atom is 0.128 e. The van der Waals surface area contributed by atoms with Crippen molar-refractivity contribution in [3.63, 3.8) is 0 Å². The van der Waals surface area contributed by atoms with Gasteiger partial charge in [0.05, 0.1) is 12.2 Å². The molecule has 0 unspecified atom stereocenters. The summed E-state index contributed by atoms with van der Waals surface area (Å²) in [4.78, 5) is 0. The normalized spacial score (nSPS) is 14.8. The van der Waals surface area contributed by atoms with Crippen LogP contribution in [0.3, 0.4) is 0 Å². The van der Waals surface area contributed by atoms with E-state index in [1.54, 1.807) is 16.8 Å². The van der Waals surface area contributed by atoms with E-state index >= 15 is 0 Å². The lowest BCUT2D eigenvalue weighted by atomic mass is 10.2. The topological polar surface area (TPSA) is 29.9 Å². The summed E-state index contributed by atoms with van der Waals surface area (Å²) in [6.45, 7) is 3.21. The minimum atomic E-state index is -0.250. The van der Waals surface area contributed by atoms with E-state index in [0.29, 0.717) is 23.2 Å². The highest BCUT2D eigenvalue weighted by Gasteiger charge is 2.20. The van der Waals surface area contributed by atoms with E-state index in [9.17, 15) is 4.39 Å². The molecule has 106 valence electrons. The second-order valence-corrected chi connectivity index (χ2v) is 5.76. The molecule has 1 saturated carbocycles. The van der Waals surface area contributed by atoms with Crippen LogP contribution in [-0.2, 0) is 13.1 Å². The van der Waals surface area contributed by atoms with E-state index < -0.39 is 0 Å². The van der Waals surface area contributed by atoms with Crippen molar-refractivity contribution in [2.45, 2.75) is 38.9 Å². The summed E-state index contributed by atoms with van der Waals surface area (Å²) in [7, 11) is 0. The maximum absolute atomic E-state index is 13.7. The zero-order chi connectivity index (χ0) is 14.1. The molecule has 5 heteroatoms. The fourth-order valence-corrected chi connectivity index (χ4v) is 2.39. The van der Waals surface area contributed by atoms with E-state index in [4.69, 9.17) is 11.6 Å². The Morgan fingerprint density at radius 3 is 2.95 bits per heavy atom. The molecule has 2 aromatic rings. The molecule has 1 aliphatic carbocycles. The van der Waals surface area contributed by atoms with Crippen molar-refractivity contribution in [3.05, 3.63) is 52.1 Å². The molecular weight excluding hydrogens is 277 g/mol. The molecule has 0 aliphatic heterocycles. The average Bonchev–Trinajstić information content (AvgIpc) is 3.16. The molecule has 0 radical (unpaired) electrons. The number of aryl methyl sites for hydroxylation is 1. The third-order valence-electron chi connectivity index (χ3n) is 3.55. The van der Waals surface area contributed by atoms with E-state index in [0.717, 1.165) is 12.2 Å². The largest absolute Gasteiger partial charge is 0.310 e. The van der Waals surface area contributed by atoms with Gasteiger partial charge in [0.2, 0.25) is 0 Å². The van der Waals surface area contributed by atoms with Gasteiger partial charge in [-0.3, -0.25) is 4.68 Å². The number of halogens is 2. The SMILES string of the molecule is Cc1nn(Cc2cc(Cl)ccc2F)cc1CNC1CC1.